The van der Waals surface area contributed by atoms with E-state index >= 15 is 0 Å². The molecule has 1 aliphatic rings. The topological polar surface area (TPSA) is 77.7 Å². The van der Waals surface area contributed by atoms with Crippen molar-refractivity contribution >= 4 is 21.0 Å². The monoisotopic (exact) mass is 500 g/mol. The summed E-state index contributed by atoms with van der Waals surface area (Å²) < 4.78 is 69.5. The summed E-state index contributed by atoms with van der Waals surface area (Å²) in [6, 6.07) is 9.69. The van der Waals surface area contributed by atoms with Crippen LogP contribution in [0.25, 0.3) is 33.8 Å². The van der Waals surface area contributed by atoms with Crippen molar-refractivity contribution in [1.82, 2.24) is 19.5 Å². The molecule has 0 unspecified atom stereocenters. The van der Waals surface area contributed by atoms with Gasteiger partial charge in [0, 0.05) is 37.5 Å². The van der Waals surface area contributed by atoms with E-state index in [0.717, 1.165) is 13.1 Å². The van der Waals surface area contributed by atoms with Crippen molar-refractivity contribution in [2.45, 2.75) is 43.2 Å². The number of alkyl halides is 3. The van der Waals surface area contributed by atoms with E-state index in [1.165, 1.54) is 29.8 Å². The maximum Gasteiger partial charge on any atom is 0.272 e. The van der Waals surface area contributed by atoms with Crippen LogP contribution >= 0.6 is 0 Å². The number of halogens is 3. The van der Waals surface area contributed by atoms with E-state index < -0.39 is 21.4 Å². The molecule has 0 spiro atoms. The number of hydrogen-bond donors (Lipinski definition) is 0. The quantitative estimate of drug-likeness (QED) is 0.346. The minimum absolute atomic E-state index is 0.0230. The van der Waals surface area contributed by atoms with E-state index in [1.807, 2.05) is 0 Å². The Kier molecular flexibility index (Phi) is 5.28. The molecule has 10 heteroatoms. The fourth-order valence-corrected chi connectivity index (χ4v) is 5.11. The van der Waals surface area contributed by atoms with Crippen molar-refractivity contribution in [3.05, 3.63) is 59.9 Å². The number of pyridine rings is 2. The number of sulfone groups is 1. The summed E-state index contributed by atoms with van der Waals surface area (Å²) in [6.07, 6.45) is 3.62. The molecule has 0 N–H and O–H groups in total. The van der Waals surface area contributed by atoms with Gasteiger partial charge in [-0.2, -0.15) is 0 Å². The first-order valence-corrected chi connectivity index (χ1v) is 12.8. The smallest absolute Gasteiger partial charge is 0.272 e. The van der Waals surface area contributed by atoms with Crippen LogP contribution in [0.15, 0.2) is 53.7 Å². The van der Waals surface area contributed by atoms with Gasteiger partial charge in [-0.15, -0.1) is 0 Å². The molecule has 6 nitrogen and oxygen atoms in total. The second-order valence-electron chi connectivity index (χ2n) is 8.97. The van der Waals surface area contributed by atoms with Crippen LogP contribution in [-0.4, -0.2) is 33.7 Å². The maximum atomic E-state index is 14.3. The number of imidazole rings is 1. The van der Waals surface area contributed by atoms with Crippen LogP contribution in [0.2, 0.25) is 0 Å². The second kappa shape index (κ2) is 7.87. The van der Waals surface area contributed by atoms with Crippen molar-refractivity contribution in [2.24, 2.45) is 7.05 Å². The minimum Gasteiger partial charge on any atom is -0.310 e. The fraction of sp³-hybridized carbons (Fsp3) is 0.320. The Morgan fingerprint density at radius 1 is 1.06 bits per heavy atom. The molecule has 0 radical (unpaired) electrons. The predicted octanol–water partition coefficient (Wildman–Crippen LogP) is 5.56. The average molecular weight is 501 g/mol. The Morgan fingerprint density at radius 3 is 2.34 bits per heavy atom. The Hall–Kier alpha value is -3.27. The lowest BCUT2D eigenvalue weighted by molar-refractivity contribution is 0.0172. The number of aromatic nitrogens is 4. The van der Waals surface area contributed by atoms with Gasteiger partial charge in [0.25, 0.3) is 5.92 Å². The first-order chi connectivity index (χ1) is 16.4. The molecule has 0 amide bonds. The molecule has 182 valence electrons. The third kappa shape index (κ3) is 4.09. The Bertz CT molecular complexity index is 1550. The van der Waals surface area contributed by atoms with Gasteiger partial charge in [-0.1, -0.05) is 31.2 Å². The number of rotatable bonds is 6. The summed E-state index contributed by atoms with van der Waals surface area (Å²) in [5.74, 6) is -3.05. The zero-order valence-electron chi connectivity index (χ0n) is 19.4. The van der Waals surface area contributed by atoms with Crippen molar-refractivity contribution in [3.63, 3.8) is 0 Å². The summed E-state index contributed by atoms with van der Waals surface area (Å²) in [7, 11) is -2.10. The summed E-state index contributed by atoms with van der Waals surface area (Å²) in [6.45, 7) is 2.31. The predicted molar refractivity (Wildman–Crippen MR) is 126 cm³/mol. The second-order valence-corrected chi connectivity index (χ2v) is 11.2. The van der Waals surface area contributed by atoms with E-state index in [1.54, 1.807) is 31.3 Å². The Labute approximate surface area is 200 Å². The van der Waals surface area contributed by atoms with Gasteiger partial charge in [-0.25, -0.2) is 31.6 Å². The van der Waals surface area contributed by atoms with Crippen LogP contribution in [0.1, 0.15) is 37.8 Å². The van der Waals surface area contributed by atoms with Crippen LogP contribution < -0.4 is 0 Å². The third-order valence-corrected chi connectivity index (χ3v) is 8.16. The van der Waals surface area contributed by atoms with Gasteiger partial charge in [0.1, 0.15) is 16.9 Å². The molecule has 1 aromatic carbocycles. The van der Waals surface area contributed by atoms with E-state index in [0.29, 0.717) is 35.2 Å². The molecule has 5 rings (SSSR count). The molecule has 0 aliphatic heterocycles. The summed E-state index contributed by atoms with van der Waals surface area (Å²) in [5, 5.41) is 0. The Balaban J connectivity index is 1.64. The highest BCUT2D eigenvalue weighted by molar-refractivity contribution is 7.91. The lowest BCUT2D eigenvalue weighted by atomic mass is 10.0. The molecular formula is C25H23F3N4O2S. The van der Waals surface area contributed by atoms with Crippen LogP contribution in [-0.2, 0) is 28.5 Å². The lowest BCUT2D eigenvalue weighted by Crippen LogP contribution is -2.09. The van der Waals surface area contributed by atoms with Crippen molar-refractivity contribution in [1.29, 1.82) is 0 Å². The molecule has 0 bridgehead atoms. The molecule has 3 heterocycles. The highest BCUT2D eigenvalue weighted by Crippen LogP contribution is 2.49. The molecule has 3 aromatic heterocycles. The van der Waals surface area contributed by atoms with Gasteiger partial charge in [-0.3, -0.25) is 4.98 Å². The minimum atomic E-state index is -3.73. The highest BCUT2D eigenvalue weighted by atomic mass is 32.2. The van der Waals surface area contributed by atoms with Gasteiger partial charge < -0.3 is 4.57 Å². The van der Waals surface area contributed by atoms with Crippen LogP contribution in [0.4, 0.5) is 13.2 Å². The zero-order chi connectivity index (χ0) is 25.2. The molecule has 1 fully saturated rings. The first-order valence-electron chi connectivity index (χ1n) is 11.2. The summed E-state index contributed by atoms with van der Waals surface area (Å²) in [4.78, 5) is 12.9. The van der Waals surface area contributed by atoms with Crippen LogP contribution in [0.3, 0.4) is 0 Å². The number of hydrogen-bond acceptors (Lipinski definition) is 5. The lowest BCUT2D eigenvalue weighted by Gasteiger charge is -2.12. The van der Waals surface area contributed by atoms with Gasteiger partial charge in [-0.05, 0) is 36.1 Å². The van der Waals surface area contributed by atoms with Crippen molar-refractivity contribution < 1.29 is 21.6 Å². The van der Waals surface area contributed by atoms with E-state index in [-0.39, 0.29) is 33.2 Å². The SMILES string of the molecule is CCS(=O)(=O)c1cc(-c2ccc(C3(F)CC3)cc2)cnc1-c1nc2cc(C(C)(F)F)cnc2n1C. The number of aryl methyl sites for hydroxylation is 1. The molecular weight excluding hydrogens is 477 g/mol. The largest absolute Gasteiger partial charge is 0.310 e. The standard InChI is InChI=1S/C25H23F3N4O2S/c1-4-35(33,34)20-11-16(15-5-7-17(8-6-15)25(28)9-10-25)13-29-21(20)23-31-19-12-18(24(2,26)27)14-30-22(19)32(23)3/h5-8,11-14H,4,9-10H2,1-3H3. The Morgan fingerprint density at radius 2 is 1.74 bits per heavy atom. The number of fused-ring (bicyclic) bond motifs is 1. The van der Waals surface area contributed by atoms with Crippen LogP contribution in [0, 0.1) is 0 Å². The third-order valence-electron chi connectivity index (χ3n) is 6.42. The van der Waals surface area contributed by atoms with E-state index in [9.17, 15) is 21.6 Å². The number of nitrogens with zero attached hydrogens (tertiary/aromatic N) is 4. The maximum absolute atomic E-state index is 14.3. The first kappa shape index (κ1) is 23.5. The molecule has 0 atom stereocenters. The van der Waals surface area contributed by atoms with Crippen LogP contribution in [0.5, 0.6) is 0 Å². The molecule has 1 saturated carbocycles. The molecule has 1 aliphatic carbocycles. The fourth-order valence-electron chi connectivity index (χ4n) is 4.05. The van der Waals surface area contributed by atoms with Gasteiger partial charge in [0.15, 0.2) is 21.3 Å². The van der Waals surface area contributed by atoms with E-state index in [4.69, 9.17) is 0 Å². The summed E-state index contributed by atoms with van der Waals surface area (Å²) in [5.41, 5.74) is 0.968. The summed E-state index contributed by atoms with van der Waals surface area (Å²) >= 11 is 0. The average Bonchev–Trinajstić information content (AvgIpc) is 3.51. The number of benzene rings is 1. The van der Waals surface area contributed by atoms with E-state index in [2.05, 4.69) is 15.0 Å². The van der Waals surface area contributed by atoms with Crippen molar-refractivity contribution in [3.8, 4) is 22.6 Å². The van der Waals surface area contributed by atoms with Crippen molar-refractivity contribution in [2.75, 3.05) is 5.75 Å². The molecule has 35 heavy (non-hydrogen) atoms. The van der Waals surface area contributed by atoms with Gasteiger partial charge in [0.2, 0.25) is 0 Å². The normalized spacial score (nSPS) is 15.5. The molecule has 0 saturated heterocycles. The zero-order valence-corrected chi connectivity index (χ0v) is 20.2. The molecule has 4 aromatic rings. The van der Waals surface area contributed by atoms with Gasteiger partial charge >= 0.3 is 0 Å². The highest BCUT2D eigenvalue weighted by Gasteiger charge is 2.44. The van der Waals surface area contributed by atoms with Gasteiger partial charge in [0.05, 0.1) is 10.6 Å².